The van der Waals surface area contributed by atoms with Crippen LogP contribution in [0.15, 0.2) is 59.7 Å². The quantitative estimate of drug-likeness (QED) is 0.423. The molecule has 0 atom stereocenters. The fourth-order valence-corrected chi connectivity index (χ4v) is 4.24. The summed E-state index contributed by atoms with van der Waals surface area (Å²) in [5, 5.41) is 13.9. The minimum Gasteiger partial charge on any atom is -0.276 e. The zero-order valence-electron chi connectivity index (χ0n) is 19.7. The second-order valence-electron chi connectivity index (χ2n) is 9.63. The average Bonchev–Trinajstić information content (AvgIpc) is 3.28. The van der Waals surface area contributed by atoms with Gasteiger partial charge in [0.2, 0.25) is 5.78 Å². The standard InChI is InChI=1S/C27H29N5O/c1-5-8-24-23(25(33)31(17-27(2,3)4)26-29-18-30-32(24)26)15-19-11-13-20(14-12-19)22-10-7-6-9-21(22)16-28/h6-7,9-14,18H,5,8,15,17H2,1-4H3. The van der Waals surface area contributed by atoms with Crippen molar-refractivity contribution in [1.29, 1.82) is 5.26 Å². The lowest BCUT2D eigenvalue weighted by Crippen LogP contribution is -2.33. The van der Waals surface area contributed by atoms with Gasteiger partial charge in [-0.3, -0.25) is 9.36 Å². The van der Waals surface area contributed by atoms with E-state index < -0.39 is 0 Å². The number of aryl methyl sites for hydroxylation is 1. The summed E-state index contributed by atoms with van der Waals surface area (Å²) >= 11 is 0. The third-order valence-electron chi connectivity index (χ3n) is 5.69. The maximum Gasteiger partial charge on any atom is 0.258 e. The van der Waals surface area contributed by atoms with Crippen LogP contribution in [0.3, 0.4) is 0 Å². The van der Waals surface area contributed by atoms with Gasteiger partial charge in [-0.1, -0.05) is 76.6 Å². The van der Waals surface area contributed by atoms with Gasteiger partial charge < -0.3 is 0 Å². The van der Waals surface area contributed by atoms with Crippen molar-refractivity contribution in [1.82, 2.24) is 19.2 Å². The molecule has 0 unspecified atom stereocenters. The Morgan fingerprint density at radius 3 is 2.45 bits per heavy atom. The van der Waals surface area contributed by atoms with Crippen LogP contribution in [0.5, 0.6) is 0 Å². The molecular weight excluding hydrogens is 410 g/mol. The monoisotopic (exact) mass is 439 g/mol. The van der Waals surface area contributed by atoms with Gasteiger partial charge in [0, 0.05) is 18.5 Å². The van der Waals surface area contributed by atoms with Crippen LogP contribution in [0.4, 0.5) is 0 Å². The highest BCUT2D eigenvalue weighted by Gasteiger charge is 2.22. The van der Waals surface area contributed by atoms with Crippen molar-refractivity contribution in [3.8, 4) is 17.2 Å². The first-order valence-electron chi connectivity index (χ1n) is 11.3. The van der Waals surface area contributed by atoms with Crippen LogP contribution in [0.25, 0.3) is 16.9 Å². The molecule has 0 amide bonds. The van der Waals surface area contributed by atoms with Crippen molar-refractivity contribution in [2.45, 2.75) is 53.5 Å². The maximum atomic E-state index is 13.7. The lowest BCUT2D eigenvalue weighted by Gasteiger charge is -2.22. The molecule has 2 aromatic heterocycles. The molecule has 0 bridgehead atoms. The van der Waals surface area contributed by atoms with Crippen LogP contribution < -0.4 is 5.56 Å². The number of hydrogen-bond donors (Lipinski definition) is 0. The highest BCUT2D eigenvalue weighted by Crippen LogP contribution is 2.25. The molecule has 0 fully saturated rings. The molecule has 0 saturated carbocycles. The van der Waals surface area contributed by atoms with Crippen molar-refractivity contribution < 1.29 is 0 Å². The van der Waals surface area contributed by atoms with E-state index in [0.717, 1.165) is 40.8 Å². The summed E-state index contributed by atoms with van der Waals surface area (Å²) < 4.78 is 3.60. The molecule has 33 heavy (non-hydrogen) atoms. The fourth-order valence-electron chi connectivity index (χ4n) is 4.24. The zero-order chi connectivity index (χ0) is 23.6. The second-order valence-corrected chi connectivity index (χ2v) is 9.63. The van der Waals surface area contributed by atoms with E-state index in [4.69, 9.17) is 0 Å². The van der Waals surface area contributed by atoms with E-state index in [1.54, 1.807) is 4.57 Å². The molecule has 0 aliphatic heterocycles. The Hall–Kier alpha value is -3.72. The van der Waals surface area contributed by atoms with Crippen molar-refractivity contribution in [3.63, 3.8) is 0 Å². The van der Waals surface area contributed by atoms with Crippen LogP contribution in [-0.2, 0) is 19.4 Å². The number of rotatable bonds is 6. The van der Waals surface area contributed by atoms with Crippen molar-refractivity contribution in [2.75, 3.05) is 0 Å². The third-order valence-corrected chi connectivity index (χ3v) is 5.69. The van der Waals surface area contributed by atoms with Crippen LogP contribution in [0.2, 0.25) is 0 Å². The molecule has 4 rings (SSSR count). The lowest BCUT2D eigenvalue weighted by atomic mass is 9.95. The molecule has 2 aromatic carbocycles. The molecule has 0 spiro atoms. The van der Waals surface area contributed by atoms with Crippen LogP contribution in [-0.4, -0.2) is 19.2 Å². The predicted octanol–water partition coefficient (Wildman–Crippen LogP) is 5.02. The predicted molar refractivity (Wildman–Crippen MR) is 130 cm³/mol. The van der Waals surface area contributed by atoms with Gasteiger partial charge in [-0.25, -0.2) is 4.52 Å². The third kappa shape index (κ3) is 4.58. The van der Waals surface area contributed by atoms with Gasteiger partial charge in [0.1, 0.15) is 6.33 Å². The molecule has 168 valence electrons. The highest BCUT2D eigenvalue weighted by atomic mass is 16.1. The largest absolute Gasteiger partial charge is 0.276 e. The number of nitrogens with zero attached hydrogens (tertiary/aromatic N) is 5. The van der Waals surface area contributed by atoms with E-state index in [1.807, 2.05) is 53.0 Å². The Morgan fingerprint density at radius 2 is 1.79 bits per heavy atom. The van der Waals surface area contributed by atoms with Gasteiger partial charge in [0.15, 0.2) is 0 Å². The van der Waals surface area contributed by atoms with Crippen molar-refractivity contribution in [3.05, 3.63) is 87.6 Å². The molecule has 2 heterocycles. The van der Waals surface area contributed by atoms with E-state index in [9.17, 15) is 10.1 Å². The number of hydrogen-bond acceptors (Lipinski definition) is 4. The van der Waals surface area contributed by atoms with Crippen molar-refractivity contribution >= 4 is 5.78 Å². The first-order valence-corrected chi connectivity index (χ1v) is 11.3. The van der Waals surface area contributed by atoms with Crippen LogP contribution in [0.1, 0.15) is 56.5 Å². The van der Waals surface area contributed by atoms with Crippen molar-refractivity contribution in [2.24, 2.45) is 5.41 Å². The molecule has 4 aromatic rings. The number of aromatic nitrogens is 4. The SMILES string of the molecule is CCCc1c(Cc2ccc(-c3ccccc3C#N)cc2)c(=O)n(CC(C)(C)C)c2ncnn12. The summed E-state index contributed by atoms with van der Waals surface area (Å²) in [7, 11) is 0. The van der Waals surface area contributed by atoms with E-state index in [-0.39, 0.29) is 11.0 Å². The van der Waals surface area contributed by atoms with E-state index in [2.05, 4.69) is 43.8 Å². The van der Waals surface area contributed by atoms with Gasteiger partial charge >= 0.3 is 0 Å². The zero-order valence-corrected chi connectivity index (χ0v) is 19.7. The molecular formula is C27H29N5O. The lowest BCUT2D eigenvalue weighted by molar-refractivity contribution is 0.339. The van der Waals surface area contributed by atoms with E-state index in [1.165, 1.54) is 6.33 Å². The van der Waals surface area contributed by atoms with Gasteiger partial charge in [0.25, 0.3) is 5.56 Å². The summed E-state index contributed by atoms with van der Waals surface area (Å²) in [6.45, 7) is 9.02. The molecule has 0 saturated heterocycles. The smallest absolute Gasteiger partial charge is 0.258 e. The Balaban J connectivity index is 1.78. The fraction of sp³-hybridized carbons (Fsp3) is 0.333. The van der Waals surface area contributed by atoms with Gasteiger partial charge in [-0.05, 0) is 34.6 Å². The summed E-state index contributed by atoms with van der Waals surface area (Å²) in [4.78, 5) is 18.1. The molecule has 0 aliphatic rings. The topological polar surface area (TPSA) is 76.0 Å². The maximum absolute atomic E-state index is 13.7. The molecule has 6 heteroatoms. The Bertz CT molecular complexity index is 1380. The Labute approximate surface area is 194 Å². The molecule has 0 radical (unpaired) electrons. The second kappa shape index (κ2) is 9.03. The number of benzene rings is 2. The average molecular weight is 440 g/mol. The Kier molecular flexibility index (Phi) is 6.15. The number of nitriles is 1. The first kappa shape index (κ1) is 22.5. The van der Waals surface area contributed by atoms with E-state index >= 15 is 0 Å². The summed E-state index contributed by atoms with van der Waals surface area (Å²) in [5.41, 5.74) is 5.23. The van der Waals surface area contributed by atoms with Gasteiger partial charge in [-0.15, -0.1) is 0 Å². The minimum absolute atomic E-state index is 0.00720. The van der Waals surface area contributed by atoms with Gasteiger partial charge in [-0.2, -0.15) is 15.3 Å². The Morgan fingerprint density at radius 1 is 1.06 bits per heavy atom. The van der Waals surface area contributed by atoms with Crippen LogP contribution >= 0.6 is 0 Å². The van der Waals surface area contributed by atoms with Gasteiger partial charge in [0.05, 0.1) is 17.3 Å². The number of fused-ring (bicyclic) bond motifs is 1. The molecule has 0 N–H and O–H groups in total. The summed E-state index contributed by atoms with van der Waals surface area (Å²) in [6, 6.07) is 18.0. The first-order chi connectivity index (χ1) is 15.8. The molecule has 6 nitrogen and oxygen atoms in total. The molecule has 0 aliphatic carbocycles. The summed E-state index contributed by atoms with van der Waals surface area (Å²) in [6.07, 6.45) is 3.72. The minimum atomic E-state index is -0.0738. The normalized spacial score (nSPS) is 11.6. The van der Waals surface area contributed by atoms with E-state index in [0.29, 0.717) is 24.3 Å². The highest BCUT2D eigenvalue weighted by molar-refractivity contribution is 5.70. The summed E-state index contributed by atoms with van der Waals surface area (Å²) in [5.74, 6) is 0.602. The van der Waals surface area contributed by atoms with Crippen LogP contribution in [0, 0.1) is 16.7 Å².